The number of carbonyl (C=O) groups excluding carboxylic acids is 1. The second-order valence-corrected chi connectivity index (χ2v) is 8.82. The molecule has 4 nitrogen and oxygen atoms in total. The third-order valence-electron chi connectivity index (χ3n) is 6.83. The van der Waals surface area contributed by atoms with E-state index in [1.807, 2.05) is 6.92 Å². The van der Waals surface area contributed by atoms with E-state index in [9.17, 15) is 10.1 Å². The van der Waals surface area contributed by atoms with Crippen LogP contribution in [0.15, 0.2) is 0 Å². The van der Waals surface area contributed by atoms with Gasteiger partial charge in [0.15, 0.2) is 6.54 Å². The molecule has 3 N–H and O–H groups in total. The molecule has 4 heteroatoms. The van der Waals surface area contributed by atoms with Crippen LogP contribution in [0.2, 0.25) is 0 Å². The minimum Gasteiger partial charge on any atom is -0.334 e. The number of amides is 1. The van der Waals surface area contributed by atoms with Gasteiger partial charge in [-0.05, 0) is 62.7 Å². The summed E-state index contributed by atoms with van der Waals surface area (Å²) in [6.07, 6.45) is 10.4. The summed E-state index contributed by atoms with van der Waals surface area (Å²) in [4.78, 5) is 12.3. The summed E-state index contributed by atoms with van der Waals surface area (Å²) in [5, 5.41) is 14.7. The van der Waals surface area contributed by atoms with Gasteiger partial charge in [-0.1, -0.05) is 0 Å². The zero-order valence-corrected chi connectivity index (χ0v) is 13.6. The van der Waals surface area contributed by atoms with Crippen LogP contribution in [0.3, 0.4) is 0 Å². The number of carbonyl (C=O) groups is 1. The van der Waals surface area contributed by atoms with Crippen molar-refractivity contribution < 1.29 is 10.1 Å². The first kappa shape index (κ1) is 14.5. The Morgan fingerprint density at radius 2 is 1.77 bits per heavy atom. The molecule has 4 bridgehead atoms. The highest BCUT2D eigenvalue weighted by Crippen LogP contribution is 2.54. The van der Waals surface area contributed by atoms with Gasteiger partial charge in [0.25, 0.3) is 5.91 Å². The molecule has 0 unspecified atom stereocenters. The molecule has 0 saturated heterocycles. The van der Waals surface area contributed by atoms with Gasteiger partial charge in [0.05, 0.1) is 11.6 Å². The SMILES string of the molecule is C[C@](C#N)(NC(=O)C[NH2+]C12CC3CC(CC(C3)C1)C2)C1CC1. The Morgan fingerprint density at radius 3 is 2.23 bits per heavy atom. The number of hydrogen-bond donors (Lipinski definition) is 2. The van der Waals surface area contributed by atoms with E-state index in [1.165, 1.54) is 38.5 Å². The summed E-state index contributed by atoms with van der Waals surface area (Å²) in [6, 6.07) is 2.32. The quantitative estimate of drug-likeness (QED) is 0.804. The van der Waals surface area contributed by atoms with Gasteiger partial charge < -0.3 is 10.6 Å². The number of quaternary nitrogens is 1. The summed E-state index contributed by atoms with van der Waals surface area (Å²) in [5.74, 6) is 3.16. The van der Waals surface area contributed by atoms with Crippen molar-refractivity contribution in [2.75, 3.05) is 6.54 Å². The van der Waals surface area contributed by atoms with Crippen LogP contribution in [0.4, 0.5) is 0 Å². The fourth-order valence-corrected chi connectivity index (χ4v) is 5.96. The molecule has 1 amide bonds. The van der Waals surface area contributed by atoms with E-state index >= 15 is 0 Å². The molecule has 0 aromatic carbocycles. The van der Waals surface area contributed by atoms with Gasteiger partial charge >= 0.3 is 0 Å². The van der Waals surface area contributed by atoms with E-state index in [4.69, 9.17) is 0 Å². The molecular weight excluding hydrogens is 274 g/mol. The lowest BCUT2D eigenvalue weighted by molar-refractivity contribution is -0.730. The van der Waals surface area contributed by atoms with Crippen LogP contribution < -0.4 is 10.6 Å². The zero-order valence-electron chi connectivity index (χ0n) is 13.6. The van der Waals surface area contributed by atoms with Crippen LogP contribution in [0, 0.1) is 35.0 Å². The molecule has 0 aromatic heterocycles. The maximum Gasteiger partial charge on any atom is 0.276 e. The third-order valence-corrected chi connectivity index (χ3v) is 6.83. The number of nitrogens with one attached hydrogen (secondary N) is 1. The van der Waals surface area contributed by atoms with Crippen molar-refractivity contribution in [3.8, 4) is 6.07 Å². The van der Waals surface area contributed by atoms with Gasteiger partial charge in [-0.15, -0.1) is 0 Å². The minimum atomic E-state index is -0.646. The Labute approximate surface area is 133 Å². The minimum absolute atomic E-state index is 0.0479. The highest BCUT2D eigenvalue weighted by molar-refractivity contribution is 5.78. The predicted octanol–water partition coefficient (Wildman–Crippen LogP) is 1.33. The molecular formula is C18H28N3O+. The predicted molar refractivity (Wildman–Crippen MR) is 82.6 cm³/mol. The number of nitrogens with two attached hydrogens (primary N) is 1. The largest absolute Gasteiger partial charge is 0.334 e. The van der Waals surface area contributed by atoms with Gasteiger partial charge in [-0.2, -0.15) is 5.26 Å². The standard InChI is InChI=1S/C18H27N3O/c1-17(11-19,15-2-3-15)21-16(22)10-20-18-7-12-4-13(8-18)6-14(5-12)9-18/h12-15,20H,2-10H2,1H3,(H,21,22)/p+1/t12?,13?,14?,17-,18?/m1/s1. The molecule has 120 valence electrons. The lowest BCUT2D eigenvalue weighted by Crippen LogP contribution is -3.00. The highest BCUT2D eigenvalue weighted by Gasteiger charge is 2.53. The van der Waals surface area contributed by atoms with Gasteiger partial charge in [-0.25, -0.2) is 0 Å². The molecule has 5 aliphatic rings. The molecule has 0 heterocycles. The van der Waals surface area contributed by atoms with Crippen molar-refractivity contribution in [2.45, 2.75) is 69.4 Å². The van der Waals surface area contributed by atoms with Gasteiger partial charge in [0.2, 0.25) is 0 Å². The van der Waals surface area contributed by atoms with Crippen LogP contribution in [0.5, 0.6) is 0 Å². The molecule has 0 spiro atoms. The van der Waals surface area contributed by atoms with E-state index in [-0.39, 0.29) is 5.91 Å². The molecule has 0 radical (unpaired) electrons. The molecule has 5 aliphatic carbocycles. The topological polar surface area (TPSA) is 69.5 Å². The first-order chi connectivity index (χ1) is 10.5. The zero-order chi connectivity index (χ0) is 15.4. The molecule has 5 saturated carbocycles. The monoisotopic (exact) mass is 302 g/mol. The van der Waals surface area contributed by atoms with Crippen molar-refractivity contribution >= 4 is 5.91 Å². The second-order valence-electron chi connectivity index (χ2n) is 8.82. The lowest BCUT2D eigenvalue weighted by Gasteiger charge is -2.54. The van der Waals surface area contributed by atoms with Crippen LogP contribution in [0.1, 0.15) is 58.3 Å². The Hall–Kier alpha value is -1.08. The summed E-state index contributed by atoms with van der Waals surface area (Å²) in [7, 11) is 0. The van der Waals surface area contributed by atoms with Crippen LogP contribution >= 0.6 is 0 Å². The van der Waals surface area contributed by atoms with Crippen LogP contribution in [-0.2, 0) is 4.79 Å². The van der Waals surface area contributed by atoms with Crippen molar-refractivity contribution in [1.29, 1.82) is 5.26 Å². The molecule has 5 rings (SSSR count). The molecule has 0 aliphatic heterocycles. The van der Waals surface area contributed by atoms with Crippen molar-refractivity contribution in [3.63, 3.8) is 0 Å². The van der Waals surface area contributed by atoms with Crippen LogP contribution in [0.25, 0.3) is 0 Å². The number of nitrogens with zero attached hydrogens (tertiary/aromatic N) is 1. The molecule has 5 fully saturated rings. The fraction of sp³-hybridized carbons (Fsp3) is 0.889. The Balaban J connectivity index is 1.35. The smallest absolute Gasteiger partial charge is 0.276 e. The molecule has 22 heavy (non-hydrogen) atoms. The third kappa shape index (κ3) is 2.54. The van der Waals surface area contributed by atoms with Gasteiger partial charge in [0, 0.05) is 19.3 Å². The summed E-state index contributed by atoms with van der Waals surface area (Å²) >= 11 is 0. The van der Waals surface area contributed by atoms with Crippen LogP contribution in [-0.4, -0.2) is 23.5 Å². The summed E-state index contributed by atoms with van der Waals surface area (Å²) in [5.41, 5.74) is -0.304. The van der Waals surface area contributed by atoms with Crippen molar-refractivity contribution in [3.05, 3.63) is 0 Å². The Kier molecular flexibility index (Phi) is 3.27. The fourth-order valence-electron chi connectivity index (χ4n) is 5.96. The van der Waals surface area contributed by atoms with Crippen molar-refractivity contribution in [1.82, 2.24) is 5.32 Å². The van der Waals surface area contributed by atoms with Crippen molar-refractivity contribution in [2.24, 2.45) is 23.7 Å². The summed E-state index contributed by atoms with van der Waals surface area (Å²) < 4.78 is 0. The lowest BCUT2D eigenvalue weighted by atomic mass is 9.53. The summed E-state index contributed by atoms with van der Waals surface area (Å²) in [6.45, 7) is 2.38. The maximum atomic E-state index is 12.3. The number of nitriles is 1. The first-order valence-electron chi connectivity index (χ1n) is 9.07. The highest BCUT2D eigenvalue weighted by atomic mass is 16.2. The average molecular weight is 302 g/mol. The van der Waals surface area contributed by atoms with E-state index in [1.54, 1.807) is 0 Å². The molecule has 0 aromatic rings. The van der Waals surface area contributed by atoms with Gasteiger partial charge in [-0.3, -0.25) is 4.79 Å². The van der Waals surface area contributed by atoms with E-state index < -0.39 is 5.54 Å². The number of hydrogen-bond acceptors (Lipinski definition) is 2. The van der Waals surface area contributed by atoms with E-state index in [2.05, 4.69) is 16.7 Å². The van der Waals surface area contributed by atoms with E-state index in [0.717, 1.165) is 30.6 Å². The van der Waals surface area contributed by atoms with E-state index in [0.29, 0.717) is 18.0 Å². The first-order valence-corrected chi connectivity index (χ1v) is 9.07. The average Bonchev–Trinajstić information content (AvgIpc) is 3.29. The second kappa shape index (κ2) is 4.96. The normalized spacial score (nSPS) is 41.7. The Morgan fingerprint density at radius 1 is 1.23 bits per heavy atom. The Bertz CT molecular complexity index is 484. The molecule has 1 atom stereocenters. The maximum absolute atomic E-state index is 12.3. The van der Waals surface area contributed by atoms with Gasteiger partial charge in [0.1, 0.15) is 5.54 Å². The number of rotatable bonds is 5.